The molecule has 1 fully saturated rings. The number of pyridine rings is 1. The summed E-state index contributed by atoms with van der Waals surface area (Å²) in [5.41, 5.74) is 1.64. The van der Waals surface area contributed by atoms with Gasteiger partial charge in [0, 0.05) is 24.8 Å². The smallest absolute Gasteiger partial charge is 0.151 e. The third-order valence-electron chi connectivity index (χ3n) is 3.94. The van der Waals surface area contributed by atoms with E-state index in [2.05, 4.69) is 15.2 Å². The average molecular weight is 285 g/mol. The van der Waals surface area contributed by atoms with Crippen molar-refractivity contribution in [1.29, 1.82) is 0 Å². The van der Waals surface area contributed by atoms with Crippen LogP contribution in [0.1, 0.15) is 31.4 Å². The molecule has 21 heavy (non-hydrogen) atoms. The second-order valence-electron chi connectivity index (χ2n) is 5.46. The molecule has 1 aliphatic heterocycles. The lowest BCUT2D eigenvalue weighted by Crippen LogP contribution is -2.21. The fraction of sp³-hybridized carbons (Fsp3) is 0.353. The largest absolute Gasteiger partial charge is 0.375 e. The third-order valence-corrected chi connectivity index (χ3v) is 3.94. The standard InChI is InChI=1S/C17H20FN3/c1-13(14-7-2-3-8-15(14)18)20-16-9-6-10-19-17(16)21-11-4-5-12-21/h2-3,6-10,13,20H,4-5,11-12H2,1H3. The first kappa shape index (κ1) is 13.9. The van der Waals surface area contributed by atoms with Gasteiger partial charge in [-0.2, -0.15) is 0 Å². The van der Waals surface area contributed by atoms with Crippen molar-refractivity contribution in [3.05, 3.63) is 54.0 Å². The van der Waals surface area contributed by atoms with E-state index < -0.39 is 0 Å². The molecule has 4 heteroatoms. The molecule has 0 aliphatic carbocycles. The first-order valence-corrected chi connectivity index (χ1v) is 7.46. The number of halogens is 1. The lowest BCUT2D eigenvalue weighted by atomic mass is 10.1. The number of nitrogens with zero attached hydrogens (tertiary/aromatic N) is 2. The number of rotatable bonds is 4. The quantitative estimate of drug-likeness (QED) is 0.920. The number of hydrogen-bond acceptors (Lipinski definition) is 3. The topological polar surface area (TPSA) is 28.2 Å². The second kappa shape index (κ2) is 6.12. The second-order valence-corrected chi connectivity index (χ2v) is 5.46. The van der Waals surface area contributed by atoms with Crippen LogP contribution < -0.4 is 10.2 Å². The Morgan fingerprint density at radius 2 is 1.90 bits per heavy atom. The van der Waals surface area contributed by atoms with Gasteiger partial charge >= 0.3 is 0 Å². The Morgan fingerprint density at radius 1 is 1.14 bits per heavy atom. The maximum absolute atomic E-state index is 13.9. The van der Waals surface area contributed by atoms with Crippen molar-refractivity contribution in [2.24, 2.45) is 0 Å². The molecule has 0 amide bonds. The molecule has 110 valence electrons. The van der Waals surface area contributed by atoms with Crippen molar-refractivity contribution in [2.75, 3.05) is 23.3 Å². The van der Waals surface area contributed by atoms with Gasteiger partial charge in [-0.25, -0.2) is 9.37 Å². The van der Waals surface area contributed by atoms with E-state index in [1.807, 2.05) is 37.4 Å². The SMILES string of the molecule is CC(Nc1cccnc1N1CCCC1)c1ccccc1F. The monoisotopic (exact) mass is 285 g/mol. The summed E-state index contributed by atoms with van der Waals surface area (Å²) in [6.45, 7) is 4.05. The van der Waals surface area contributed by atoms with E-state index in [1.54, 1.807) is 6.07 Å². The molecule has 3 rings (SSSR count). The zero-order valence-corrected chi connectivity index (χ0v) is 12.2. The summed E-state index contributed by atoms with van der Waals surface area (Å²) in [4.78, 5) is 6.79. The van der Waals surface area contributed by atoms with Gasteiger partial charge in [0.1, 0.15) is 5.82 Å². The molecule has 1 aromatic carbocycles. The first-order valence-electron chi connectivity index (χ1n) is 7.46. The van der Waals surface area contributed by atoms with Gasteiger partial charge in [0.2, 0.25) is 0 Å². The first-order chi connectivity index (χ1) is 10.3. The van der Waals surface area contributed by atoms with Gasteiger partial charge in [-0.3, -0.25) is 0 Å². The zero-order chi connectivity index (χ0) is 14.7. The Kier molecular flexibility index (Phi) is 4.04. The molecular weight excluding hydrogens is 265 g/mol. The molecule has 2 aromatic rings. The Labute approximate surface area is 124 Å². The molecule has 1 atom stereocenters. The van der Waals surface area contributed by atoms with Crippen LogP contribution in [0, 0.1) is 5.82 Å². The van der Waals surface area contributed by atoms with Crippen LogP contribution in [0.5, 0.6) is 0 Å². The van der Waals surface area contributed by atoms with Crippen molar-refractivity contribution < 1.29 is 4.39 Å². The maximum atomic E-state index is 13.9. The van der Waals surface area contributed by atoms with Crippen molar-refractivity contribution in [3.8, 4) is 0 Å². The minimum atomic E-state index is -0.177. The third kappa shape index (κ3) is 2.99. The van der Waals surface area contributed by atoms with E-state index in [0.29, 0.717) is 5.56 Å². The van der Waals surface area contributed by atoms with Crippen molar-refractivity contribution in [3.63, 3.8) is 0 Å². The van der Waals surface area contributed by atoms with E-state index >= 15 is 0 Å². The highest BCUT2D eigenvalue weighted by Gasteiger charge is 2.18. The Balaban J connectivity index is 1.83. The number of hydrogen-bond donors (Lipinski definition) is 1. The highest BCUT2D eigenvalue weighted by atomic mass is 19.1. The van der Waals surface area contributed by atoms with Gasteiger partial charge in [0.05, 0.1) is 11.7 Å². The lowest BCUT2D eigenvalue weighted by Gasteiger charge is -2.23. The van der Waals surface area contributed by atoms with Crippen LogP contribution >= 0.6 is 0 Å². The van der Waals surface area contributed by atoms with E-state index in [1.165, 1.54) is 18.9 Å². The normalized spacial score (nSPS) is 16.0. The van der Waals surface area contributed by atoms with Crippen molar-refractivity contribution in [1.82, 2.24) is 4.98 Å². The van der Waals surface area contributed by atoms with Crippen LogP contribution in [0.25, 0.3) is 0 Å². The van der Waals surface area contributed by atoms with Gasteiger partial charge in [-0.05, 0) is 38.0 Å². The van der Waals surface area contributed by atoms with Crippen LogP contribution in [0.15, 0.2) is 42.6 Å². The molecule has 1 unspecified atom stereocenters. The molecule has 0 saturated carbocycles. The highest BCUT2D eigenvalue weighted by molar-refractivity contribution is 5.66. The predicted molar refractivity (Wildman–Crippen MR) is 84.1 cm³/mol. The predicted octanol–water partition coefficient (Wildman–Crippen LogP) is 3.99. The van der Waals surface area contributed by atoms with Gasteiger partial charge in [-0.15, -0.1) is 0 Å². The molecule has 1 aromatic heterocycles. The zero-order valence-electron chi connectivity index (χ0n) is 12.2. The van der Waals surface area contributed by atoms with Crippen LogP contribution in [0.2, 0.25) is 0 Å². The lowest BCUT2D eigenvalue weighted by molar-refractivity contribution is 0.600. The number of benzene rings is 1. The van der Waals surface area contributed by atoms with E-state index in [0.717, 1.165) is 24.6 Å². The van der Waals surface area contributed by atoms with Crippen molar-refractivity contribution in [2.45, 2.75) is 25.8 Å². The van der Waals surface area contributed by atoms with E-state index in [9.17, 15) is 4.39 Å². The van der Waals surface area contributed by atoms with Crippen LogP contribution in [-0.4, -0.2) is 18.1 Å². The summed E-state index contributed by atoms with van der Waals surface area (Å²) < 4.78 is 13.9. The molecular formula is C17H20FN3. The number of anilines is 2. The fourth-order valence-electron chi connectivity index (χ4n) is 2.83. The summed E-state index contributed by atoms with van der Waals surface area (Å²) in [6.07, 6.45) is 4.23. The molecule has 1 aliphatic rings. The summed E-state index contributed by atoms with van der Waals surface area (Å²) in [5.74, 6) is 0.794. The highest BCUT2D eigenvalue weighted by Crippen LogP contribution is 2.29. The van der Waals surface area contributed by atoms with Gasteiger partial charge in [0.15, 0.2) is 5.82 Å². The van der Waals surface area contributed by atoms with Gasteiger partial charge < -0.3 is 10.2 Å². The summed E-state index contributed by atoms with van der Waals surface area (Å²) >= 11 is 0. The Bertz CT molecular complexity index is 608. The van der Waals surface area contributed by atoms with Crippen LogP contribution in [0.4, 0.5) is 15.9 Å². The summed E-state index contributed by atoms with van der Waals surface area (Å²) in [5, 5.41) is 3.40. The molecule has 0 bridgehead atoms. The van der Waals surface area contributed by atoms with E-state index in [-0.39, 0.29) is 11.9 Å². The summed E-state index contributed by atoms with van der Waals surface area (Å²) in [7, 11) is 0. The average Bonchev–Trinajstić information content (AvgIpc) is 3.02. The van der Waals surface area contributed by atoms with Crippen LogP contribution in [-0.2, 0) is 0 Å². The molecule has 0 spiro atoms. The molecule has 1 saturated heterocycles. The van der Waals surface area contributed by atoms with Crippen molar-refractivity contribution >= 4 is 11.5 Å². The molecule has 1 N–H and O–H groups in total. The Morgan fingerprint density at radius 3 is 2.67 bits per heavy atom. The molecule has 3 nitrogen and oxygen atoms in total. The maximum Gasteiger partial charge on any atom is 0.151 e. The van der Waals surface area contributed by atoms with Crippen LogP contribution in [0.3, 0.4) is 0 Å². The number of nitrogens with one attached hydrogen (secondary N) is 1. The Hall–Kier alpha value is -2.10. The summed E-state index contributed by atoms with van der Waals surface area (Å²) in [6, 6.07) is 10.7. The van der Waals surface area contributed by atoms with Gasteiger partial charge in [0.25, 0.3) is 0 Å². The van der Waals surface area contributed by atoms with E-state index in [4.69, 9.17) is 0 Å². The minimum absolute atomic E-state index is 0.100. The van der Waals surface area contributed by atoms with Gasteiger partial charge in [-0.1, -0.05) is 18.2 Å². The molecule has 2 heterocycles. The number of aromatic nitrogens is 1. The molecule has 0 radical (unpaired) electrons. The minimum Gasteiger partial charge on any atom is -0.375 e. The fourth-order valence-corrected chi connectivity index (χ4v) is 2.83.